The minimum atomic E-state index is 0.402. The van der Waals surface area contributed by atoms with Crippen molar-refractivity contribution in [2.75, 3.05) is 6.54 Å². The van der Waals surface area contributed by atoms with E-state index in [0.29, 0.717) is 19.0 Å². The number of nitrogens with one attached hydrogen (secondary N) is 1. The second-order valence-corrected chi connectivity index (χ2v) is 3.36. The molecule has 6 heteroatoms. The molecule has 6 nitrogen and oxygen atoms in total. The summed E-state index contributed by atoms with van der Waals surface area (Å²) in [6.07, 6.45) is 1.66. The molecule has 1 aromatic rings. The quantitative estimate of drug-likeness (QED) is 0.408. The zero-order valence-corrected chi connectivity index (χ0v) is 9.06. The van der Waals surface area contributed by atoms with Crippen LogP contribution in [0.15, 0.2) is 23.3 Å². The summed E-state index contributed by atoms with van der Waals surface area (Å²) in [5, 5.41) is 10.5. The van der Waals surface area contributed by atoms with Gasteiger partial charge in [-0.2, -0.15) is 0 Å². The van der Waals surface area contributed by atoms with Gasteiger partial charge in [0, 0.05) is 13.6 Å². The molecule has 0 spiro atoms. The molecule has 0 bridgehead atoms. The normalized spacial score (nSPS) is 11.5. The number of aliphatic imine (C=N–C) groups is 1. The third kappa shape index (κ3) is 3.80. The Hall–Kier alpha value is -1.85. The maximum Gasteiger partial charge on any atom is 0.189 e. The van der Waals surface area contributed by atoms with Crippen LogP contribution in [0.4, 0.5) is 0 Å². The van der Waals surface area contributed by atoms with Gasteiger partial charge in [0.25, 0.3) is 0 Å². The van der Waals surface area contributed by atoms with Gasteiger partial charge in [0.05, 0.1) is 18.4 Å². The molecular formula is C9H16N6. The molecule has 0 radical (unpaired) electrons. The van der Waals surface area contributed by atoms with Crippen LogP contribution in [0.3, 0.4) is 0 Å². The van der Waals surface area contributed by atoms with E-state index in [1.807, 2.05) is 14.0 Å². The standard InChI is InChI=1S/C9H16N6/c1-7(2)4-11-9(10)12-5-8-6-13-14-15(8)3/h6H,1,4-5H2,2-3H3,(H3,10,11,12). The Labute approximate surface area is 88.9 Å². The Morgan fingerprint density at radius 1 is 1.73 bits per heavy atom. The van der Waals surface area contributed by atoms with E-state index >= 15 is 0 Å². The van der Waals surface area contributed by atoms with Crippen LogP contribution in [0.2, 0.25) is 0 Å². The first-order valence-corrected chi connectivity index (χ1v) is 4.61. The molecule has 0 amide bonds. The van der Waals surface area contributed by atoms with Crippen LogP contribution < -0.4 is 11.1 Å². The monoisotopic (exact) mass is 208 g/mol. The number of nitrogens with two attached hydrogens (primary N) is 1. The van der Waals surface area contributed by atoms with E-state index in [1.54, 1.807) is 10.9 Å². The molecule has 3 N–H and O–H groups in total. The van der Waals surface area contributed by atoms with Crippen molar-refractivity contribution < 1.29 is 0 Å². The fraction of sp³-hybridized carbons (Fsp3) is 0.444. The van der Waals surface area contributed by atoms with Crippen molar-refractivity contribution in [2.24, 2.45) is 17.8 Å². The smallest absolute Gasteiger partial charge is 0.189 e. The zero-order chi connectivity index (χ0) is 11.3. The van der Waals surface area contributed by atoms with Crippen molar-refractivity contribution in [3.63, 3.8) is 0 Å². The highest BCUT2D eigenvalue weighted by molar-refractivity contribution is 5.77. The fourth-order valence-electron chi connectivity index (χ4n) is 0.918. The average Bonchev–Trinajstić information content (AvgIpc) is 2.58. The van der Waals surface area contributed by atoms with Crippen molar-refractivity contribution in [1.29, 1.82) is 0 Å². The number of nitrogens with zero attached hydrogens (tertiary/aromatic N) is 4. The van der Waals surface area contributed by atoms with Crippen molar-refractivity contribution in [2.45, 2.75) is 13.5 Å². The molecule has 0 saturated carbocycles. The maximum atomic E-state index is 5.64. The number of aryl methyl sites for hydroxylation is 1. The minimum absolute atomic E-state index is 0.402. The highest BCUT2D eigenvalue weighted by Gasteiger charge is 1.98. The molecule has 0 aliphatic heterocycles. The predicted molar refractivity (Wildman–Crippen MR) is 59.1 cm³/mol. The topological polar surface area (TPSA) is 81.1 Å². The minimum Gasteiger partial charge on any atom is -0.370 e. The van der Waals surface area contributed by atoms with Crippen LogP contribution in [0.5, 0.6) is 0 Å². The molecule has 1 heterocycles. The summed E-state index contributed by atoms with van der Waals surface area (Å²) in [5.74, 6) is 0.402. The summed E-state index contributed by atoms with van der Waals surface area (Å²) in [4.78, 5) is 4.14. The largest absolute Gasteiger partial charge is 0.370 e. The van der Waals surface area contributed by atoms with Gasteiger partial charge in [0.15, 0.2) is 5.96 Å². The lowest BCUT2D eigenvalue weighted by molar-refractivity contribution is 0.677. The molecule has 82 valence electrons. The van der Waals surface area contributed by atoms with Gasteiger partial charge in [-0.05, 0) is 6.92 Å². The molecule has 0 saturated heterocycles. The van der Waals surface area contributed by atoms with Crippen LogP contribution in [-0.2, 0) is 13.6 Å². The molecule has 0 aliphatic carbocycles. The van der Waals surface area contributed by atoms with Crippen LogP contribution in [0.1, 0.15) is 12.6 Å². The molecule has 15 heavy (non-hydrogen) atoms. The SMILES string of the molecule is C=C(C)CNC(N)=NCc1cnnn1C. The van der Waals surface area contributed by atoms with Gasteiger partial charge >= 0.3 is 0 Å². The third-order valence-electron chi connectivity index (χ3n) is 1.79. The van der Waals surface area contributed by atoms with E-state index < -0.39 is 0 Å². The first-order chi connectivity index (χ1) is 7.09. The highest BCUT2D eigenvalue weighted by atomic mass is 15.4. The van der Waals surface area contributed by atoms with Gasteiger partial charge in [-0.15, -0.1) is 5.10 Å². The van der Waals surface area contributed by atoms with Gasteiger partial charge in [-0.25, -0.2) is 4.99 Å². The van der Waals surface area contributed by atoms with Gasteiger partial charge in [-0.1, -0.05) is 17.4 Å². The summed E-state index contributed by atoms with van der Waals surface area (Å²) in [6.45, 7) is 6.78. The summed E-state index contributed by atoms with van der Waals surface area (Å²) < 4.78 is 1.66. The van der Waals surface area contributed by atoms with Crippen LogP contribution >= 0.6 is 0 Å². The van der Waals surface area contributed by atoms with E-state index in [4.69, 9.17) is 5.73 Å². The number of hydrogen-bond acceptors (Lipinski definition) is 3. The molecule has 0 atom stereocenters. The lowest BCUT2D eigenvalue weighted by Crippen LogP contribution is -2.32. The van der Waals surface area contributed by atoms with Crippen LogP contribution in [0.25, 0.3) is 0 Å². The molecule has 1 rings (SSSR count). The Morgan fingerprint density at radius 3 is 3.00 bits per heavy atom. The van der Waals surface area contributed by atoms with E-state index in [9.17, 15) is 0 Å². The van der Waals surface area contributed by atoms with Crippen molar-refractivity contribution in [1.82, 2.24) is 20.3 Å². The molecule has 1 aromatic heterocycles. The average molecular weight is 208 g/mol. The Balaban J connectivity index is 2.44. The van der Waals surface area contributed by atoms with Crippen molar-refractivity contribution in [3.05, 3.63) is 24.0 Å². The number of guanidine groups is 1. The second-order valence-electron chi connectivity index (χ2n) is 3.36. The summed E-state index contributed by atoms with van der Waals surface area (Å²) in [5.41, 5.74) is 7.56. The lowest BCUT2D eigenvalue weighted by atomic mass is 10.3. The van der Waals surface area contributed by atoms with E-state index in [2.05, 4.69) is 27.2 Å². The number of hydrogen-bond donors (Lipinski definition) is 2. The summed E-state index contributed by atoms with van der Waals surface area (Å²) in [7, 11) is 1.81. The molecule has 0 unspecified atom stereocenters. The first-order valence-electron chi connectivity index (χ1n) is 4.61. The molecular weight excluding hydrogens is 192 g/mol. The zero-order valence-electron chi connectivity index (χ0n) is 9.06. The maximum absolute atomic E-state index is 5.64. The second kappa shape index (κ2) is 5.14. The van der Waals surface area contributed by atoms with Crippen molar-refractivity contribution >= 4 is 5.96 Å². The summed E-state index contributed by atoms with van der Waals surface area (Å²) in [6, 6.07) is 0. The van der Waals surface area contributed by atoms with Gasteiger partial charge in [-0.3, -0.25) is 4.68 Å². The number of aromatic nitrogens is 3. The van der Waals surface area contributed by atoms with E-state index in [0.717, 1.165) is 11.3 Å². The fourth-order valence-corrected chi connectivity index (χ4v) is 0.918. The highest BCUT2D eigenvalue weighted by Crippen LogP contribution is 1.95. The van der Waals surface area contributed by atoms with Gasteiger partial charge < -0.3 is 11.1 Å². The Morgan fingerprint density at radius 2 is 2.47 bits per heavy atom. The van der Waals surface area contributed by atoms with Crippen LogP contribution in [-0.4, -0.2) is 27.5 Å². The van der Waals surface area contributed by atoms with E-state index in [-0.39, 0.29) is 0 Å². The molecule has 0 aliphatic rings. The Bertz CT molecular complexity index is 364. The number of rotatable bonds is 4. The van der Waals surface area contributed by atoms with Crippen LogP contribution in [0, 0.1) is 0 Å². The molecule has 0 fully saturated rings. The lowest BCUT2D eigenvalue weighted by Gasteiger charge is -2.04. The summed E-state index contributed by atoms with van der Waals surface area (Å²) >= 11 is 0. The van der Waals surface area contributed by atoms with Crippen molar-refractivity contribution in [3.8, 4) is 0 Å². The predicted octanol–water partition coefficient (Wildman–Crippen LogP) is -0.204. The first kappa shape index (κ1) is 11.2. The Kier molecular flexibility index (Phi) is 3.84. The molecule has 0 aromatic carbocycles. The van der Waals surface area contributed by atoms with Gasteiger partial charge in [0.1, 0.15) is 0 Å². The van der Waals surface area contributed by atoms with Gasteiger partial charge in [0.2, 0.25) is 0 Å². The third-order valence-corrected chi connectivity index (χ3v) is 1.79. The van der Waals surface area contributed by atoms with E-state index in [1.165, 1.54) is 0 Å².